The molecule has 2 fully saturated rings. The van der Waals surface area contributed by atoms with Crippen molar-refractivity contribution >= 4 is 17.7 Å². The molecule has 0 aromatic heterocycles. The molecular weight excluding hydrogens is 320 g/mol. The van der Waals surface area contributed by atoms with Crippen LogP contribution in [0.1, 0.15) is 29.6 Å². The summed E-state index contributed by atoms with van der Waals surface area (Å²) in [5, 5.41) is 16.0. The zero-order valence-electron chi connectivity index (χ0n) is 13.2. The van der Waals surface area contributed by atoms with Crippen molar-refractivity contribution in [3.63, 3.8) is 0 Å². The van der Waals surface area contributed by atoms with Crippen LogP contribution in [0.5, 0.6) is 5.75 Å². The Bertz CT molecular complexity index is 730. The van der Waals surface area contributed by atoms with E-state index in [0.29, 0.717) is 17.6 Å². The molecule has 0 radical (unpaired) electrons. The second-order valence-electron chi connectivity index (χ2n) is 6.48. The summed E-state index contributed by atoms with van der Waals surface area (Å²) in [5.41, 5.74) is 0.702. The van der Waals surface area contributed by atoms with E-state index in [9.17, 15) is 9.90 Å². The van der Waals surface area contributed by atoms with Crippen LogP contribution >= 0.6 is 11.8 Å². The van der Waals surface area contributed by atoms with E-state index in [1.54, 1.807) is 23.9 Å². The normalized spacial score (nSPS) is 24.9. The fourth-order valence-electron chi connectivity index (χ4n) is 3.56. The molecule has 3 N–H and O–H groups in total. The van der Waals surface area contributed by atoms with Crippen molar-refractivity contribution in [1.82, 2.24) is 10.6 Å². The molecule has 2 bridgehead atoms. The molecule has 2 heterocycles. The SMILES string of the molecule is O=C(N[C@@H]1C[C@H]2CC[C@@H]1N2)c1ccc(Sc2ccc(O)cc2)cc1. The number of aromatic hydroxyl groups is 1. The maximum absolute atomic E-state index is 12.4. The van der Waals surface area contributed by atoms with Gasteiger partial charge in [-0.2, -0.15) is 0 Å². The Kier molecular flexibility index (Phi) is 4.21. The van der Waals surface area contributed by atoms with Crippen LogP contribution in [-0.2, 0) is 0 Å². The number of phenolic OH excluding ortho intramolecular Hbond substituents is 1. The van der Waals surface area contributed by atoms with Crippen molar-refractivity contribution in [1.29, 1.82) is 0 Å². The number of hydrogen-bond acceptors (Lipinski definition) is 4. The van der Waals surface area contributed by atoms with Gasteiger partial charge >= 0.3 is 0 Å². The van der Waals surface area contributed by atoms with E-state index < -0.39 is 0 Å². The number of carbonyl (C=O) groups is 1. The van der Waals surface area contributed by atoms with Crippen molar-refractivity contribution in [2.45, 2.75) is 47.2 Å². The lowest BCUT2D eigenvalue weighted by molar-refractivity contribution is 0.0931. The average molecular weight is 340 g/mol. The molecule has 2 aliphatic rings. The summed E-state index contributed by atoms with van der Waals surface area (Å²) >= 11 is 1.61. The molecule has 2 aromatic rings. The predicted octanol–water partition coefficient (Wildman–Crippen LogP) is 3.17. The molecule has 3 atom stereocenters. The third kappa shape index (κ3) is 3.28. The minimum atomic E-state index is 0.00975. The number of nitrogens with one attached hydrogen (secondary N) is 2. The number of amides is 1. The van der Waals surface area contributed by atoms with E-state index in [1.807, 2.05) is 36.4 Å². The summed E-state index contributed by atoms with van der Waals surface area (Å²) in [6, 6.07) is 16.1. The Labute approximate surface area is 145 Å². The molecule has 4 rings (SSSR count). The Hall–Kier alpha value is -1.98. The van der Waals surface area contributed by atoms with Crippen LogP contribution in [-0.4, -0.2) is 29.1 Å². The standard InChI is InChI=1S/C19H20N2O2S/c22-14-4-8-16(9-5-14)24-15-6-1-12(2-7-15)19(23)21-18-11-13-3-10-17(18)20-13/h1-2,4-9,13,17-18,20,22H,3,10-11H2,(H,21,23)/t13-,17+,18-/m1/s1. The van der Waals surface area contributed by atoms with Crippen LogP contribution in [0, 0.1) is 0 Å². The van der Waals surface area contributed by atoms with Crippen molar-refractivity contribution < 1.29 is 9.90 Å². The largest absolute Gasteiger partial charge is 0.508 e. The first-order valence-corrected chi connectivity index (χ1v) is 9.13. The van der Waals surface area contributed by atoms with Crippen LogP contribution in [0.15, 0.2) is 58.3 Å². The summed E-state index contributed by atoms with van der Waals surface area (Å²) in [7, 11) is 0. The van der Waals surface area contributed by atoms with Gasteiger partial charge in [-0.1, -0.05) is 11.8 Å². The summed E-state index contributed by atoms with van der Waals surface area (Å²) in [6.07, 6.45) is 3.45. The number of rotatable bonds is 4. The first kappa shape index (κ1) is 15.5. The Balaban J connectivity index is 1.38. The highest BCUT2D eigenvalue weighted by atomic mass is 32.2. The monoisotopic (exact) mass is 340 g/mol. The molecule has 5 heteroatoms. The van der Waals surface area contributed by atoms with Gasteiger partial charge in [0.25, 0.3) is 5.91 Å². The van der Waals surface area contributed by atoms with E-state index in [1.165, 1.54) is 6.42 Å². The first-order chi connectivity index (χ1) is 11.7. The Morgan fingerprint density at radius 1 is 1.04 bits per heavy atom. The minimum absolute atomic E-state index is 0.00975. The van der Waals surface area contributed by atoms with E-state index >= 15 is 0 Å². The molecule has 2 aromatic carbocycles. The summed E-state index contributed by atoms with van der Waals surface area (Å²) in [6.45, 7) is 0. The molecular formula is C19H20N2O2S. The molecule has 24 heavy (non-hydrogen) atoms. The van der Waals surface area contributed by atoms with Gasteiger partial charge in [-0.25, -0.2) is 0 Å². The molecule has 0 spiro atoms. The maximum Gasteiger partial charge on any atom is 0.251 e. The fourth-order valence-corrected chi connectivity index (χ4v) is 4.38. The lowest BCUT2D eigenvalue weighted by atomic mass is 9.95. The van der Waals surface area contributed by atoms with Crippen molar-refractivity contribution in [2.75, 3.05) is 0 Å². The number of phenols is 1. The fraction of sp³-hybridized carbons (Fsp3) is 0.316. The lowest BCUT2D eigenvalue weighted by Crippen LogP contribution is -2.42. The quantitative estimate of drug-likeness (QED) is 0.800. The summed E-state index contributed by atoms with van der Waals surface area (Å²) in [5.74, 6) is 0.275. The van der Waals surface area contributed by atoms with Gasteiger partial charge in [-0.3, -0.25) is 4.79 Å². The van der Waals surface area contributed by atoms with Crippen molar-refractivity contribution in [2.24, 2.45) is 0 Å². The highest BCUT2D eigenvalue weighted by Crippen LogP contribution is 2.30. The summed E-state index contributed by atoms with van der Waals surface area (Å²) in [4.78, 5) is 14.5. The van der Waals surface area contributed by atoms with E-state index in [0.717, 1.165) is 22.6 Å². The molecule has 124 valence electrons. The van der Waals surface area contributed by atoms with E-state index in [-0.39, 0.29) is 17.7 Å². The van der Waals surface area contributed by atoms with Gasteiger partial charge in [0.1, 0.15) is 5.75 Å². The number of hydrogen-bond donors (Lipinski definition) is 3. The summed E-state index contributed by atoms with van der Waals surface area (Å²) < 4.78 is 0. The molecule has 0 saturated carbocycles. The zero-order chi connectivity index (χ0) is 16.5. The second kappa shape index (κ2) is 6.49. The zero-order valence-corrected chi connectivity index (χ0v) is 14.1. The van der Waals surface area contributed by atoms with Crippen LogP contribution in [0.4, 0.5) is 0 Å². The second-order valence-corrected chi connectivity index (χ2v) is 7.63. The molecule has 2 aliphatic heterocycles. The highest BCUT2D eigenvalue weighted by Gasteiger charge is 2.39. The minimum Gasteiger partial charge on any atom is -0.508 e. The van der Waals surface area contributed by atoms with Gasteiger partial charge < -0.3 is 15.7 Å². The van der Waals surface area contributed by atoms with Crippen molar-refractivity contribution in [3.05, 3.63) is 54.1 Å². The number of benzene rings is 2. The van der Waals surface area contributed by atoms with Gasteiger partial charge in [0, 0.05) is 33.5 Å². The van der Waals surface area contributed by atoms with E-state index in [2.05, 4.69) is 10.6 Å². The molecule has 0 unspecified atom stereocenters. The van der Waals surface area contributed by atoms with Gasteiger partial charge in [-0.15, -0.1) is 0 Å². The van der Waals surface area contributed by atoms with Crippen molar-refractivity contribution in [3.8, 4) is 5.75 Å². The predicted molar refractivity (Wildman–Crippen MR) is 94.5 cm³/mol. The average Bonchev–Trinajstić information content (AvgIpc) is 3.20. The third-order valence-electron chi connectivity index (χ3n) is 4.81. The first-order valence-electron chi connectivity index (χ1n) is 8.31. The van der Waals surface area contributed by atoms with Gasteiger partial charge in [0.05, 0.1) is 0 Å². The third-order valence-corrected chi connectivity index (χ3v) is 5.82. The lowest BCUT2D eigenvalue weighted by Gasteiger charge is -2.21. The van der Waals surface area contributed by atoms with E-state index in [4.69, 9.17) is 0 Å². The number of fused-ring (bicyclic) bond motifs is 2. The van der Waals surface area contributed by atoms with Gasteiger partial charge in [0.15, 0.2) is 0 Å². The van der Waals surface area contributed by atoms with Gasteiger partial charge in [-0.05, 0) is 67.8 Å². The molecule has 2 saturated heterocycles. The molecule has 1 amide bonds. The van der Waals surface area contributed by atoms with Crippen LogP contribution < -0.4 is 10.6 Å². The maximum atomic E-state index is 12.4. The van der Waals surface area contributed by atoms with Crippen LogP contribution in [0.3, 0.4) is 0 Å². The highest BCUT2D eigenvalue weighted by molar-refractivity contribution is 7.99. The smallest absolute Gasteiger partial charge is 0.251 e. The van der Waals surface area contributed by atoms with Gasteiger partial charge in [0.2, 0.25) is 0 Å². The van der Waals surface area contributed by atoms with Crippen LogP contribution in [0.25, 0.3) is 0 Å². The topological polar surface area (TPSA) is 61.4 Å². The Morgan fingerprint density at radius 2 is 1.71 bits per heavy atom. The molecule has 0 aliphatic carbocycles. The Morgan fingerprint density at radius 3 is 2.29 bits per heavy atom. The number of carbonyl (C=O) groups excluding carboxylic acids is 1. The van der Waals surface area contributed by atoms with Crippen LogP contribution in [0.2, 0.25) is 0 Å². The molecule has 4 nitrogen and oxygen atoms in total.